The number of hydrogen-bond acceptors (Lipinski definition) is 4. The van der Waals surface area contributed by atoms with Gasteiger partial charge in [-0.2, -0.15) is 5.10 Å². The summed E-state index contributed by atoms with van der Waals surface area (Å²) in [6.45, 7) is 7.58. The molecule has 0 bridgehead atoms. The van der Waals surface area contributed by atoms with Crippen LogP contribution in [-0.2, 0) is 0 Å². The number of aromatic nitrogens is 2. The Morgan fingerprint density at radius 3 is 2.43 bits per heavy atom. The highest BCUT2D eigenvalue weighted by atomic mass is 16.1. The van der Waals surface area contributed by atoms with Crippen molar-refractivity contribution in [3.63, 3.8) is 0 Å². The molecule has 0 radical (unpaired) electrons. The lowest BCUT2D eigenvalue weighted by Gasteiger charge is -2.35. The van der Waals surface area contributed by atoms with Gasteiger partial charge in [0, 0.05) is 43.1 Å². The number of benzene rings is 2. The molecule has 1 amide bonds. The standard InChI is InChI=1S/C22H25N5O/c1-2-26-12-14-27(15-13-26)19-10-8-18(9-11-19)24-22(28)20-16-23-25-21(20)17-6-4-3-5-7-17/h3-11,16H,2,12-15H2,1H3,(H,23,25)(H,24,28). The zero-order valence-corrected chi connectivity index (χ0v) is 16.1. The molecule has 4 rings (SSSR count). The Kier molecular flexibility index (Phi) is 5.39. The van der Waals surface area contributed by atoms with Crippen LogP contribution < -0.4 is 10.2 Å². The van der Waals surface area contributed by atoms with E-state index in [1.165, 1.54) is 5.69 Å². The zero-order valence-electron chi connectivity index (χ0n) is 16.1. The number of likely N-dealkylation sites (N-methyl/N-ethyl adjacent to an activating group) is 1. The molecule has 1 aliphatic rings. The lowest BCUT2D eigenvalue weighted by Crippen LogP contribution is -2.46. The van der Waals surface area contributed by atoms with Gasteiger partial charge in [-0.05, 0) is 30.8 Å². The molecule has 0 aliphatic carbocycles. The molecule has 2 N–H and O–H groups in total. The summed E-state index contributed by atoms with van der Waals surface area (Å²) in [5, 5.41) is 9.96. The number of nitrogens with one attached hydrogen (secondary N) is 2. The first kappa shape index (κ1) is 18.3. The second kappa shape index (κ2) is 8.27. The maximum atomic E-state index is 12.7. The number of H-pyrrole nitrogens is 1. The molecule has 2 heterocycles. The van der Waals surface area contributed by atoms with E-state index in [0.717, 1.165) is 49.7 Å². The third-order valence-corrected chi connectivity index (χ3v) is 5.26. The van der Waals surface area contributed by atoms with E-state index in [-0.39, 0.29) is 5.91 Å². The molecule has 2 aromatic carbocycles. The van der Waals surface area contributed by atoms with Crippen molar-refractivity contribution < 1.29 is 4.79 Å². The maximum Gasteiger partial charge on any atom is 0.259 e. The van der Waals surface area contributed by atoms with Gasteiger partial charge in [-0.25, -0.2) is 0 Å². The van der Waals surface area contributed by atoms with Gasteiger partial charge in [-0.15, -0.1) is 0 Å². The molecule has 3 aromatic rings. The van der Waals surface area contributed by atoms with Crippen LogP contribution in [0.4, 0.5) is 11.4 Å². The minimum absolute atomic E-state index is 0.170. The van der Waals surface area contributed by atoms with Gasteiger partial charge in [0.15, 0.2) is 0 Å². The SMILES string of the molecule is CCN1CCN(c2ccc(NC(=O)c3cn[nH]c3-c3ccccc3)cc2)CC1. The van der Waals surface area contributed by atoms with Crippen molar-refractivity contribution in [3.05, 3.63) is 66.4 Å². The normalized spacial score (nSPS) is 14.8. The number of hydrogen-bond donors (Lipinski definition) is 2. The molecule has 1 saturated heterocycles. The van der Waals surface area contributed by atoms with Crippen molar-refractivity contribution in [2.24, 2.45) is 0 Å². The highest BCUT2D eigenvalue weighted by Crippen LogP contribution is 2.23. The van der Waals surface area contributed by atoms with Crippen molar-refractivity contribution >= 4 is 17.3 Å². The molecule has 6 heteroatoms. The zero-order chi connectivity index (χ0) is 19.3. The topological polar surface area (TPSA) is 64.3 Å². The van der Waals surface area contributed by atoms with Crippen molar-refractivity contribution in [2.45, 2.75) is 6.92 Å². The minimum Gasteiger partial charge on any atom is -0.369 e. The van der Waals surface area contributed by atoms with Gasteiger partial charge in [0.05, 0.1) is 17.5 Å². The van der Waals surface area contributed by atoms with Crippen molar-refractivity contribution in [2.75, 3.05) is 42.9 Å². The third-order valence-electron chi connectivity index (χ3n) is 5.26. The van der Waals surface area contributed by atoms with E-state index < -0.39 is 0 Å². The first-order valence-electron chi connectivity index (χ1n) is 9.72. The molecule has 0 unspecified atom stereocenters. The number of carbonyl (C=O) groups is 1. The van der Waals surface area contributed by atoms with Crippen LogP contribution in [0, 0.1) is 0 Å². The number of aromatic amines is 1. The van der Waals surface area contributed by atoms with Gasteiger partial charge in [0.1, 0.15) is 0 Å². The molecule has 0 atom stereocenters. The number of piperazine rings is 1. The fourth-order valence-corrected chi connectivity index (χ4v) is 3.56. The summed E-state index contributed by atoms with van der Waals surface area (Å²) < 4.78 is 0. The van der Waals surface area contributed by atoms with Crippen molar-refractivity contribution in [3.8, 4) is 11.3 Å². The van der Waals surface area contributed by atoms with E-state index in [1.807, 2.05) is 42.5 Å². The Bertz CT molecular complexity index is 912. The fourth-order valence-electron chi connectivity index (χ4n) is 3.56. The molecule has 0 spiro atoms. The summed E-state index contributed by atoms with van der Waals surface area (Å²) in [6, 6.07) is 17.8. The molecule has 0 saturated carbocycles. The van der Waals surface area contributed by atoms with Gasteiger partial charge in [-0.3, -0.25) is 9.89 Å². The summed E-state index contributed by atoms with van der Waals surface area (Å²) >= 11 is 0. The van der Waals surface area contributed by atoms with Gasteiger partial charge in [-0.1, -0.05) is 37.3 Å². The molecular weight excluding hydrogens is 350 g/mol. The first-order chi connectivity index (χ1) is 13.7. The largest absolute Gasteiger partial charge is 0.369 e. The van der Waals surface area contributed by atoms with Crippen LogP contribution in [-0.4, -0.2) is 53.7 Å². The number of carbonyl (C=O) groups excluding carboxylic acids is 1. The van der Waals surface area contributed by atoms with Crippen LogP contribution >= 0.6 is 0 Å². The van der Waals surface area contributed by atoms with E-state index in [0.29, 0.717) is 5.56 Å². The number of rotatable bonds is 5. The van der Waals surface area contributed by atoms with Crippen LogP contribution in [0.15, 0.2) is 60.8 Å². The Labute approximate surface area is 165 Å². The second-order valence-electron chi connectivity index (χ2n) is 6.95. The molecule has 144 valence electrons. The van der Waals surface area contributed by atoms with E-state index in [9.17, 15) is 4.79 Å². The molecule has 1 fully saturated rings. The number of anilines is 2. The average molecular weight is 375 g/mol. The van der Waals surface area contributed by atoms with Crippen LogP contribution in [0.25, 0.3) is 11.3 Å². The Morgan fingerprint density at radius 1 is 1.04 bits per heavy atom. The summed E-state index contributed by atoms with van der Waals surface area (Å²) in [5.41, 5.74) is 4.17. The summed E-state index contributed by atoms with van der Waals surface area (Å²) in [6.07, 6.45) is 1.57. The fraction of sp³-hybridized carbons (Fsp3) is 0.273. The van der Waals surface area contributed by atoms with Crippen LogP contribution in [0.1, 0.15) is 17.3 Å². The van der Waals surface area contributed by atoms with Gasteiger partial charge >= 0.3 is 0 Å². The minimum atomic E-state index is -0.170. The average Bonchev–Trinajstić information content (AvgIpc) is 3.25. The van der Waals surface area contributed by atoms with Crippen LogP contribution in [0.3, 0.4) is 0 Å². The van der Waals surface area contributed by atoms with Gasteiger partial charge < -0.3 is 15.1 Å². The van der Waals surface area contributed by atoms with Crippen molar-refractivity contribution in [1.29, 1.82) is 0 Å². The number of nitrogens with zero attached hydrogens (tertiary/aromatic N) is 3. The van der Waals surface area contributed by atoms with Gasteiger partial charge in [0.2, 0.25) is 0 Å². The summed E-state index contributed by atoms with van der Waals surface area (Å²) in [4.78, 5) is 17.6. The first-order valence-corrected chi connectivity index (χ1v) is 9.72. The second-order valence-corrected chi connectivity index (χ2v) is 6.95. The predicted octanol–water partition coefficient (Wildman–Crippen LogP) is 3.47. The predicted molar refractivity (Wildman–Crippen MR) is 113 cm³/mol. The quantitative estimate of drug-likeness (QED) is 0.717. The molecule has 28 heavy (non-hydrogen) atoms. The highest BCUT2D eigenvalue weighted by molar-refractivity contribution is 6.08. The lowest BCUT2D eigenvalue weighted by atomic mass is 10.1. The summed E-state index contributed by atoms with van der Waals surface area (Å²) in [5.74, 6) is -0.170. The van der Waals surface area contributed by atoms with Crippen molar-refractivity contribution in [1.82, 2.24) is 15.1 Å². The van der Waals surface area contributed by atoms with Gasteiger partial charge in [0.25, 0.3) is 5.91 Å². The molecule has 1 aliphatic heterocycles. The third kappa shape index (κ3) is 3.92. The molecule has 6 nitrogen and oxygen atoms in total. The molecule has 1 aromatic heterocycles. The Morgan fingerprint density at radius 2 is 1.75 bits per heavy atom. The lowest BCUT2D eigenvalue weighted by molar-refractivity contribution is 0.102. The van der Waals surface area contributed by atoms with E-state index in [2.05, 4.69) is 44.4 Å². The summed E-state index contributed by atoms with van der Waals surface area (Å²) in [7, 11) is 0. The maximum absolute atomic E-state index is 12.7. The monoisotopic (exact) mass is 375 g/mol. The van der Waals surface area contributed by atoms with Crippen LogP contribution in [0.2, 0.25) is 0 Å². The smallest absolute Gasteiger partial charge is 0.259 e. The Balaban J connectivity index is 1.43. The molecular formula is C22H25N5O. The highest BCUT2D eigenvalue weighted by Gasteiger charge is 2.17. The van der Waals surface area contributed by atoms with E-state index >= 15 is 0 Å². The van der Waals surface area contributed by atoms with Crippen LogP contribution in [0.5, 0.6) is 0 Å². The van der Waals surface area contributed by atoms with E-state index in [1.54, 1.807) is 6.20 Å². The number of amides is 1. The Hall–Kier alpha value is -3.12. The van der Waals surface area contributed by atoms with E-state index in [4.69, 9.17) is 0 Å².